The second-order valence-electron chi connectivity index (χ2n) is 6.27. The third kappa shape index (κ3) is 3.80. The van der Waals surface area contributed by atoms with Crippen molar-refractivity contribution in [1.82, 2.24) is 5.06 Å². The number of hydrogen-bond acceptors (Lipinski definition) is 2. The third-order valence-corrected chi connectivity index (χ3v) is 4.72. The van der Waals surface area contributed by atoms with Crippen molar-refractivity contribution in [3.8, 4) is 0 Å². The highest BCUT2D eigenvalue weighted by atomic mass is 16.5. The minimum Gasteiger partial charge on any atom is -0.285 e. The van der Waals surface area contributed by atoms with Crippen LogP contribution in [-0.4, -0.2) is 16.2 Å². The monoisotopic (exact) mass is 309 g/mol. The van der Waals surface area contributed by atoms with Crippen molar-refractivity contribution < 1.29 is 10.0 Å². The van der Waals surface area contributed by atoms with E-state index in [-0.39, 0.29) is 11.9 Å². The van der Waals surface area contributed by atoms with Gasteiger partial charge in [-0.1, -0.05) is 60.7 Å². The number of benzene rings is 2. The Balaban J connectivity index is 1.67. The Morgan fingerprint density at radius 2 is 1.65 bits per heavy atom. The van der Waals surface area contributed by atoms with Crippen molar-refractivity contribution in [2.75, 3.05) is 0 Å². The van der Waals surface area contributed by atoms with Gasteiger partial charge >= 0.3 is 0 Å². The van der Waals surface area contributed by atoms with E-state index in [1.807, 2.05) is 36.4 Å². The summed E-state index contributed by atoms with van der Waals surface area (Å²) in [5.74, 6) is 0.141. The van der Waals surface area contributed by atoms with Crippen LogP contribution in [-0.2, 0) is 11.2 Å². The quantitative estimate of drug-likeness (QED) is 0.833. The Bertz CT molecular complexity index is 627. The van der Waals surface area contributed by atoms with Gasteiger partial charge in [0.25, 0.3) is 0 Å². The van der Waals surface area contributed by atoms with Gasteiger partial charge < -0.3 is 0 Å². The molecule has 1 N–H and O–H groups in total. The number of amides is 1. The molecule has 1 aliphatic rings. The highest BCUT2D eigenvalue weighted by molar-refractivity contribution is 5.76. The maximum Gasteiger partial charge on any atom is 0.246 e. The molecule has 1 amide bonds. The normalized spacial score (nSPS) is 21.4. The summed E-state index contributed by atoms with van der Waals surface area (Å²) in [7, 11) is 0. The number of carbonyl (C=O) groups excluding carboxylic acids is 1. The molecule has 2 unspecified atom stereocenters. The summed E-state index contributed by atoms with van der Waals surface area (Å²) in [4.78, 5) is 11.9. The summed E-state index contributed by atoms with van der Waals surface area (Å²) in [5, 5.41) is 11.2. The molecule has 0 bridgehead atoms. The fraction of sp³-hybridized carbons (Fsp3) is 0.350. The highest BCUT2D eigenvalue weighted by Gasteiger charge is 2.35. The van der Waals surface area contributed by atoms with Crippen LogP contribution in [0.4, 0.5) is 0 Å². The van der Waals surface area contributed by atoms with E-state index in [0.29, 0.717) is 12.3 Å². The molecule has 0 aliphatic carbocycles. The number of hydroxylamine groups is 2. The Kier molecular flexibility index (Phi) is 5.09. The van der Waals surface area contributed by atoms with Crippen LogP contribution in [0.25, 0.3) is 0 Å². The first-order valence-electron chi connectivity index (χ1n) is 8.35. The average molecular weight is 309 g/mol. The largest absolute Gasteiger partial charge is 0.285 e. The Hall–Kier alpha value is -2.13. The molecule has 3 nitrogen and oxygen atoms in total. The molecule has 0 radical (unpaired) electrons. The Labute approximate surface area is 137 Å². The predicted octanol–water partition coefficient (Wildman–Crippen LogP) is 4.38. The first-order chi connectivity index (χ1) is 11.3. The summed E-state index contributed by atoms with van der Waals surface area (Å²) in [6.45, 7) is 0. The highest BCUT2D eigenvalue weighted by Crippen LogP contribution is 2.38. The second kappa shape index (κ2) is 7.42. The van der Waals surface area contributed by atoms with Crippen LogP contribution in [0.3, 0.4) is 0 Å². The van der Waals surface area contributed by atoms with E-state index in [0.717, 1.165) is 36.3 Å². The van der Waals surface area contributed by atoms with Gasteiger partial charge in [0.05, 0.1) is 6.04 Å². The Morgan fingerprint density at radius 3 is 2.35 bits per heavy atom. The van der Waals surface area contributed by atoms with Gasteiger partial charge in [-0.2, -0.15) is 0 Å². The summed E-state index contributed by atoms with van der Waals surface area (Å²) in [6.07, 6.45) is 4.41. The zero-order valence-electron chi connectivity index (χ0n) is 13.3. The molecule has 1 heterocycles. The maximum absolute atomic E-state index is 11.9. The molecule has 0 spiro atoms. The molecule has 1 aliphatic heterocycles. The van der Waals surface area contributed by atoms with Crippen LogP contribution in [0.15, 0.2) is 60.7 Å². The van der Waals surface area contributed by atoms with Gasteiger partial charge in [-0.25, -0.2) is 5.06 Å². The topological polar surface area (TPSA) is 40.5 Å². The molecule has 0 saturated carbocycles. The van der Waals surface area contributed by atoms with Crippen LogP contribution in [0.2, 0.25) is 0 Å². The molecule has 120 valence electrons. The predicted molar refractivity (Wildman–Crippen MR) is 89.9 cm³/mol. The fourth-order valence-electron chi connectivity index (χ4n) is 3.51. The van der Waals surface area contributed by atoms with Crippen molar-refractivity contribution in [3.63, 3.8) is 0 Å². The van der Waals surface area contributed by atoms with E-state index >= 15 is 0 Å². The van der Waals surface area contributed by atoms with Gasteiger partial charge in [0.15, 0.2) is 0 Å². The van der Waals surface area contributed by atoms with Gasteiger partial charge in [-0.3, -0.25) is 10.0 Å². The summed E-state index contributed by atoms with van der Waals surface area (Å²) >= 11 is 0. The SMILES string of the molecule is O=C1CCC(CCCc2ccccc2)C(c2ccccc2)N1O. The van der Waals surface area contributed by atoms with Crippen molar-refractivity contribution in [2.45, 2.75) is 38.1 Å². The van der Waals surface area contributed by atoms with Crippen molar-refractivity contribution >= 4 is 5.91 Å². The minimum absolute atomic E-state index is 0.168. The van der Waals surface area contributed by atoms with Gasteiger partial charge in [0, 0.05) is 6.42 Å². The molecule has 3 rings (SSSR count). The fourth-order valence-corrected chi connectivity index (χ4v) is 3.51. The van der Waals surface area contributed by atoms with E-state index < -0.39 is 0 Å². The number of nitrogens with zero attached hydrogens (tertiary/aromatic N) is 1. The van der Waals surface area contributed by atoms with Crippen molar-refractivity contribution in [2.24, 2.45) is 5.92 Å². The second-order valence-corrected chi connectivity index (χ2v) is 6.27. The van der Waals surface area contributed by atoms with Crippen LogP contribution >= 0.6 is 0 Å². The molecular formula is C20H23NO2. The number of aryl methyl sites for hydroxylation is 1. The summed E-state index contributed by atoms with van der Waals surface area (Å²) < 4.78 is 0. The van der Waals surface area contributed by atoms with E-state index in [1.165, 1.54) is 5.56 Å². The molecule has 1 fully saturated rings. The van der Waals surface area contributed by atoms with Gasteiger partial charge in [0.1, 0.15) is 0 Å². The van der Waals surface area contributed by atoms with Crippen molar-refractivity contribution in [3.05, 3.63) is 71.8 Å². The zero-order chi connectivity index (χ0) is 16.1. The summed E-state index contributed by atoms with van der Waals surface area (Å²) in [6, 6.07) is 20.1. The number of rotatable bonds is 5. The molecule has 2 aromatic rings. The van der Waals surface area contributed by atoms with E-state index in [9.17, 15) is 10.0 Å². The number of hydrogen-bond donors (Lipinski definition) is 1. The Morgan fingerprint density at radius 1 is 1.00 bits per heavy atom. The maximum atomic E-state index is 11.9. The van der Waals surface area contributed by atoms with Crippen LogP contribution < -0.4 is 0 Å². The lowest BCUT2D eigenvalue weighted by Gasteiger charge is -2.37. The molecule has 2 aromatic carbocycles. The number of piperidine rings is 1. The van der Waals surface area contributed by atoms with E-state index in [2.05, 4.69) is 24.3 Å². The first kappa shape index (κ1) is 15.8. The van der Waals surface area contributed by atoms with Gasteiger partial charge in [-0.05, 0) is 42.7 Å². The average Bonchev–Trinajstić information content (AvgIpc) is 2.60. The van der Waals surface area contributed by atoms with Crippen LogP contribution in [0, 0.1) is 5.92 Å². The van der Waals surface area contributed by atoms with Gasteiger partial charge in [-0.15, -0.1) is 0 Å². The standard InChI is InChI=1S/C20H23NO2/c22-19-15-14-18(13-7-10-16-8-3-1-4-9-16)20(21(19)23)17-11-5-2-6-12-17/h1-6,8-9,11-12,18,20,23H,7,10,13-15H2. The first-order valence-corrected chi connectivity index (χ1v) is 8.35. The molecule has 3 heteroatoms. The van der Waals surface area contributed by atoms with E-state index in [1.54, 1.807) is 0 Å². The zero-order valence-corrected chi connectivity index (χ0v) is 13.3. The lowest BCUT2D eigenvalue weighted by Crippen LogP contribution is -2.40. The lowest BCUT2D eigenvalue weighted by atomic mass is 9.82. The molecular weight excluding hydrogens is 286 g/mol. The molecule has 1 saturated heterocycles. The minimum atomic E-state index is -0.215. The van der Waals surface area contributed by atoms with Crippen LogP contribution in [0.1, 0.15) is 42.9 Å². The van der Waals surface area contributed by atoms with Crippen molar-refractivity contribution in [1.29, 1.82) is 0 Å². The lowest BCUT2D eigenvalue weighted by molar-refractivity contribution is -0.190. The van der Waals surface area contributed by atoms with Crippen LogP contribution in [0.5, 0.6) is 0 Å². The third-order valence-electron chi connectivity index (χ3n) is 4.72. The molecule has 23 heavy (non-hydrogen) atoms. The van der Waals surface area contributed by atoms with E-state index in [4.69, 9.17) is 0 Å². The molecule has 2 atom stereocenters. The summed E-state index contributed by atoms with van der Waals surface area (Å²) in [5.41, 5.74) is 2.37. The van der Waals surface area contributed by atoms with Gasteiger partial charge in [0.2, 0.25) is 5.91 Å². The number of carbonyl (C=O) groups is 1. The molecule has 0 aromatic heterocycles. The smallest absolute Gasteiger partial charge is 0.246 e.